The lowest BCUT2D eigenvalue weighted by molar-refractivity contribution is -0.900. The molecule has 0 saturated carbocycles. The summed E-state index contributed by atoms with van der Waals surface area (Å²) in [5.74, 6) is 0.0669. The van der Waals surface area contributed by atoms with Crippen molar-refractivity contribution in [1.82, 2.24) is 5.32 Å². The Labute approximate surface area is 134 Å². The Morgan fingerprint density at radius 2 is 1.91 bits per heavy atom. The maximum Gasteiger partial charge on any atom is 0.275 e. The van der Waals surface area contributed by atoms with Gasteiger partial charge in [-0.3, -0.25) is 14.9 Å². The summed E-state index contributed by atoms with van der Waals surface area (Å²) in [6, 6.07) is 6.29. The number of amides is 1. The average Bonchev–Trinajstić information content (AvgIpc) is 2.56. The van der Waals surface area contributed by atoms with Crippen LogP contribution in [0.25, 0.3) is 0 Å². The maximum atomic E-state index is 11.8. The number of carbonyl (C=O) groups excluding carboxylic acids is 1. The maximum absolute atomic E-state index is 11.8. The monoisotopic (exact) mass is 323 g/mol. The fourth-order valence-electron chi connectivity index (χ4n) is 2.38. The fourth-order valence-corrected chi connectivity index (χ4v) is 2.38. The third-order valence-corrected chi connectivity index (χ3v) is 3.69. The third-order valence-electron chi connectivity index (χ3n) is 3.69. The molecule has 1 amide bonds. The van der Waals surface area contributed by atoms with Crippen molar-refractivity contribution >= 4 is 17.3 Å². The summed E-state index contributed by atoms with van der Waals surface area (Å²) in [6.07, 6.45) is 0.793. The highest BCUT2D eigenvalue weighted by Gasteiger charge is 2.16. The van der Waals surface area contributed by atoms with E-state index in [4.69, 9.17) is 4.74 Å². The molecule has 23 heavy (non-hydrogen) atoms. The number of rotatable bonds is 8. The van der Waals surface area contributed by atoms with E-state index in [1.54, 1.807) is 12.1 Å². The number of morpholine rings is 1. The van der Waals surface area contributed by atoms with Crippen molar-refractivity contribution in [3.05, 3.63) is 34.4 Å². The van der Waals surface area contributed by atoms with E-state index in [1.165, 1.54) is 17.0 Å². The van der Waals surface area contributed by atoms with Crippen molar-refractivity contribution in [2.75, 3.05) is 51.3 Å². The van der Waals surface area contributed by atoms with Crippen LogP contribution in [0.5, 0.6) is 0 Å². The topological polar surface area (TPSA) is 97.9 Å². The van der Waals surface area contributed by atoms with Gasteiger partial charge in [0.1, 0.15) is 13.1 Å². The number of non-ortho nitro benzene ring substituents is 1. The predicted molar refractivity (Wildman–Crippen MR) is 85.6 cm³/mol. The quantitative estimate of drug-likeness (QED) is 0.338. The van der Waals surface area contributed by atoms with Gasteiger partial charge in [-0.15, -0.1) is 0 Å². The Hall–Kier alpha value is -2.19. The average molecular weight is 323 g/mol. The van der Waals surface area contributed by atoms with Crippen molar-refractivity contribution in [3.8, 4) is 0 Å². The van der Waals surface area contributed by atoms with Crippen molar-refractivity contribution in [3.63, 3.8) is 0 Å². The normalized spacial score (nSPS) is 15.1. The number of anilines is 1. The van der Waals surface area contributed by atoms with Gasteiger partial charge in [0, 0.05) is 30.9 Å². The molecule has 0 aliphatic carbocycles. The van der Waals surface area contributed by atoms with Crippen molar-refractivity contribution < 1.29 is 19.4 Å². The summed E-state index contributed by atoms with van der Waals surface area (Å²) in [7, 11) is 0. The largest absolute Gasteiger partial charge is 0.385 e. The number of nitrogens with one attached hydrogen (secondary N) is 3. The lowest BCUT2D eigenvalue weighted by atomic mass is 10.3. The molecule has 0 bridgehead atoms. The van der Waals surface area contributed by atoms with Crippen LogP contribution in [0, 0.1) is 10.1 Å². The van der Waals surface area contributed by atoms with Crippen molar-refractivity contribution in [1.29, 1.82) is 0 Å². The number of nitro groups is 1. The number of ether oxygens (including phenoxy) is 1. The number of nitro benzene ring substituents is 1. The second-order valence-corrected chi connectivity index (χ2v) is 5.47. The summed E-state index contributed by atoms with van der Waals surface area (Å²) in [6.45, 7) is 5.03. The van der Waals surface area contributed by atoms with Gasteiger partial charge in [0.2, 0.25) is 0 Å². The molecular weight excluding hydrogens is 300 g/mol. The SMILES string of the molecule is O=C(C[NH+]1CCOCC1)NCCCNc1ccc([N+](=O)[O-])cc1. The van der Waals surface area contributed by atoms with Crippen LogP contribution in [0.4, 0.5) is 11.4 Å². The van der Waals surface area contributed by atoms with Gasteiger partial charge in [-0.1, -0.05) is 0 Å². The molecule has 3 N–H and O–H groups in total. The first-order valence-corrected chi connectivity index (χ1v) is 7.81. The zero-order valence-electron chi connectivity index (χ0n) is 13.0. The molecule has 0 spiro atoms. The van der Waals surface area contributed by atoms with E-state index in [1.807, 2.05) is 0 Å². The van der Waals surface area contributed by atoms with Gasteiger partial charge in [-0.05, 0) is 18.6 Å². The Balaban J connectivity index is 1.56. The second-order valence-electron chi connectivity index (χ2n) is 5.47. The van der Waals surface area contributed by atoms with Gasteiger partial charge in [-0.25, -0.2) is 0 Å². The molecular formula is C15H23N4O4+. The summed E-state index contributed by atoms with van der Waals surface area (Å²) in [5, 5.41) is 16.6. The number of hydrogen-bond donors (Lipinski definition) is 3. The highest BCUT2D eigenvalue weighted by atomic mass is 16.6. The molecule has 1 saturated heterocycles. The van der Waals surface area contributed by atoms with Crippen LogP contribution < -0.4 is 15.5 Å². The molecule has 0 unspecified atom stereocenters. The van der Waals surface area contributed by atoms with E-state index in [0.29, 0.717) is 19.6 Å². The minimum atomic E-state index is -0.421. The standard InChI is InChI=1S/C15H22N4O4/c20-15(12-18-8-10-23-11-9-18)17-7-1-6-16-13-2-4-14(5-3-13)19(21)22/h2-5,16H,1,6-12H2,(H,17,20)/p+1. The van der Waals surface area contributed by atoms with Crippen LogP contribution in [0.2, 0.25) is 0 Å². The lowest BCUT2D eigenvalue weighted by Crippen LogP contribution is -3.15. The van der Waals surface area contributed by atoms with Crippen LogP contribution in [0.15, 0.2) is 24.3 Å². The zero-order chi connectivity index (χ0) is 16.5. The molecule has 0 atom stereocenters. The summed E-state index contributed by atoms with van der Waals surface area (Å²) in [4.78, 5) is 23.2. The van der Waals surface area contributed by atoms with E-state index in [-0.39, 0.29) is 11.6 Å². The summed E-state index contributed by atoms with van der Waals surface area (Å²) in [5.41, 5.74) is 0.910. The number of hydrogen-bond acceptors (Lipinski definition) is 5. The first kappa shape index (κ1) is 17.2. The molecule has 1 aromatic carbocycles. The minimum absolute atomic E-state index is 0.0669. The lowest BCUT2D eigenvalue weighted by Gasteiger charge is -2.23. The summed E-state index contributed by atoms with van der Waals surface area (Å²) >= 11 is 0. The molecule has 1 aliphatic heterocycles. The van der Waals surface area contributed by atoms with E-state index in [0.717, 1.165) is 38.4 Å². The zero-order valence-corrected chi connectivity index (χ0v) is 13.0. The number of quaternary nitrogens is 1. The van der Waals surface area contributed by atoms with E-state index >= 15 is 0 Å². The third kappa shape index (κ3) is 6.21. The molecule has 8 nitrogen and oxygen atoms in total. The van der Waals surface area contributed by atoms with Crippen molar-refractivity contribution in [2.45, 2.75) is 6.42 Å². The molecule has 1 fully saturated rings. The van der Waals surface area contributed by atoms with E-state index < -0.39 is 4.92 Å². The Kier molecular flexibility index (Phi) is 6.76. The first-order chi connectivity index (χ1) is 11.1. The van der Waals surface area contributed by atoms with Crippen LogP contribution in [-0.4, -0.2) is 56.8 Å². The van der Waals surface area contributed by atoms with Crippen LogP contribution in [0.3, 0.4) is 0 Å². The van der Waals surface area contributed by atoms with Crippen LogP contribution >= 0.6 is 0 Å². The van der Waals surface area contributed by atoms with Crippen LogP contribution in [-0.2, 0) is 9.53 Å². The molecule has 1 heterocycles. The molecule has 0 aromatic heterocycles. The van der Waals surface area contributed by atoms with Gasteiger partial charge >= 0.3 is 0 Å². The Bertz CT molecular complexity index is 515. The van der Waals surface area contributed by atoms with Gasteiger partial charge in [-0.2, -0.15) is 0 Å². The highest BCUT2D eigenvalue weighted by molar-refractivity contribution is 5.76. The Morgan fingerprint density at radius 3 is 2.57 bits per heavy atom. The molecule has 2 rings (SSSR count). The highest BCUT2D eigenvalue weighted by Crippen LogP contribution is 2.14. The van der Waals surface area contributed by atoms with Gasteiger partial charge < -0.3 is 20.3 Å². The Morgan fingerprint density at radius 1 is 1.22 bits per heavy atom. The predicted octanol–water partition coefficient (Wildman–Crippen LogP) is -0.572. The van der Waals surface area contributed by atoms with Gasteiger partial charge in [0.05, 0.1) is 18.1 Å². The smallest absolute Gasteiger partial charge is 0.275 e. The first-order valence-electron chi connectivity index (χ1n) is 7.81. The fraction of sp³-hybridized carbons (Fsp3) is 0.533. The summed E-state index contributed by atoms with van der Waals surface area (Å²) < 4.78 is 5.26. The molecule has 1 aromatic rings. The van der Waals surface area contributed by atoms with E-state index in [9.17, 15) is 14.9 Å². The molecule has 1 aliphatic rings. The second kappa shape index (κ2) is 9.06. The number of carbonyl (C=O) groups is 1. The molecule has 0 radical (unpaired) electrons. The van der Waals surface area contributed by atoms with Gasteiger partial charge in [0.15, 0.2) is 6.54 Å². The number of nitrogens with zero attached hydrogens (tertiary/aromatic N) is 1. The van der Waals surface area contributed by atoms with Crippen molar-refractivity contribution in [2.24, 2.45) is 0 Å². The molecule has 8 heteroatoms. The molecule has 126 valence electrons. The van der Waals surface area contributed by atoms with E-state index in [2.05, 4.69) is 10.6 Å². The number of benzene rings is 1. The van der Waals surface area contributed by atoms with Crippen LogP contribution in [0.1, 0.15) is 6.42 Å². The minimum Gasteiger partial charge on any atom is -0.385 e. The van der Waals surface area contributed by atoms with Gasteiger partial charge in [0.25, 0.3) is 11.6 Å².